The van der Waals surface area contributed by atoms with Gasteiger partial charge < -0.3 is 0 Å². The van der Waals surface area contributed by atoms with Gasteiger partial charge >= 0.3 is 0 Å². The van der Waals surface area contributed by atoms with Gasteiger partial charge in [0, 0.05) is 6.42 Å². The molecule has 1 rings (SSSR count). The summed E-state index contributed by atoms with van der Waals surface area (Å²) in [6, 6.07) is 10.5. The lowest BCUT2D eigenvalue weighted by molar-refractivity contribution is 0.788. The molecule has 1 aromatic rings. The molecule has 0 aliphatic heterocycles. The maximum atomic E-state index is 8.52. The van der Waals surface area contributed by atoms with Crippen molar-refractivity contribution in [3.63, 3.8) is 0 Å². The normalized spacial score (nSPS) is 12.1. The van der Waals surface area contributed by atoms with Crippen LogP contribution < -0.4 is 0 Å². The van der Waals surface area contributed by atoms with Gasteiger partial charge in [-0.3, -0.25) is 0 Å². The molecular weight excluding hydrogens is 146 g/mol. The molecule has 0 saturated heterocycles. The van der Waals surface area contributed by atoms with Gasteiger partial charge in [-0.05, 0) is 18.4 Å². The highest BCUT2D eigenvalue weighted by atomic mass is 14.2. The molecule has 0 aliphatic rings. The van der Waals surface area contributed by atoms with E-state index in [-0.39, 0.29) is 0 Å². The number of hydrogen-bond acceptors (Lipinski definition) is 1. The first-order valence-electron chi connectivity index (χ1n) is 4.17. The first-order valence-corrected chi connectivity index (χ1v) is 4.17. The summed E-state index contributed by atoms with van der Waals surface area (Å²) < 4.78 is 0. The van der Waals surface area contributed by atoms with Crippen molar-refractivity contribution in [2.24, 2.45) is 0 Å². The van der Waals surface area contributed by atoms with Crippen LogP contribution >= 0.6 is 0 Å². The fourth-order valence-electron chi connectivity index (χ4n) is 1.23. The summed E-state index contributed by atoms with van der Waals surface area (Å²) in [6.45, 7) is 4.15. The molecule has 1 atom stereocenters. The summed E-state index contributed by atoms with van der Waals surface area (Å²) in [7, 11) is 0. The molecule has 1 aromatic carbocycles. The van der Waals surface area contributed by atoms with E-state index in [9.17, 15) is 0 Å². The van der Waals surface area contributed by atoms with Gasteiger partial charge in [-0.1, -0.05) is 36.8 Å². The molecule has 0 radical (unpaired) electrons. The van der Waals surface area contributed by atoms with Crippen LogP contribution in [0, 0.1) is 18.3 Å². The summed E-state index contributed by atoms with van der Waals surface area (Å²) in [5.74, 6) is 0.356. The molecule has 0 fully saturated rings. The third-order valence-electron chi connectivity index (χ3n) is 2.01. The summed E-state index contributed by atoms with van der Waals surface area (Å²) in [5.41, 5.74) is 2.52. The number of nitrogens with zero attached hydrogens (tertiary/aromatic N) is 1. The average molecular weight is 159 g/mol. The third kappa shape index (κ3) is 2.10. The Morgan fingerprint density at radius 2 is 2.25 bits per heavy atom. The molecule has 0 heterocycles. The molecule has 0 bridgehead atoms. The Kier molecular flexibility index (Phi) is 2.88. The van der Waals surface area contributed by atoms with Gasteiger partial charge in [0.25, 0.3) is 0 Å². The lowest BCUT2D eigenvalue weighted by atomic mass is 9.97. The van der Waals surface area contributed by atoms with Crippen molar-refractivity contribution in [1.29, 1.82) is 5.26 Å². The van der Waals surface area contributed by atoms with Crippen LogP contribution in [0.3, 0.4) is 0 Å². The van der Waals surface area contributed by atoms with Gasteiger partial charge in [0.1, 0.15) is 0 Å². The monoisotopic (exact) mass is 159 g/mol. The second-order valence-electron chi connectivity index (χ2n) is 3.18. The van der Waals surface area contributed by atoms with Crippen LogP contribution in [0.1, 0.15) is 30.4 Å². The highest BCUT2D eigenvalue weighted by molar-refractivity contribution is 5.25. The Hall–Kier alpha value is -1.29. The summed E-state index contributed by atoms with van der Waals surface area (Å²) in [4.78, 5) is 0. The molecular formula is C11H13N. The van der Waals surface area contributed by atoms with Crippen molar-refractivity contribution in [2.75, 3.05) is 0 Å². The fraction of sp³-hybridized carbons (Fsp3) is 0.364. The SMILES string of the molecule is Cc1cccc([C@H](C)CC#N)c1. The zero-order valence-corrected chi connectivity index (χ0v) is 7.54. The van der Waals surface area contributed by atoms with Crippen molar-refractivity contribution in [2.45, 2.75) is 26.2 Å². The van der Waals surface area contributed by atoms with Crippen molar-refractivity contribution in [3.05, 3.63) is 35.4 Å². The van der Waals surface area contributed by atoms with E-state index in [0.717, 1.165) is 0 Å². The third-order valence-corrected chi connectivity index (χ3v) is 2.01. The first-order chi connectivity index (χ1) is 5.74. The summed E-state index contributed by atoms with van der Waals surface area (Å²) in [5, 5.41) is 8.52. The van der Waals surface area contributed by atoms with Gasteiger partial charge in [-0.15, -0.1) is 0 Å². The standard InChI is InChI=1S/C11H13N/c1-9-4-3-5-11(8-9)10(2)6-7-12/h3-5,8,10H,6H2,1-2H3/t10-/m1/s1. The Morgan fingerprint density at radius 1 is 1.50 bits per heavy atom. The molecule has 12 heavy (non-hydrogen) atoms. The smallest absolute Gasteiger partial charge is 0.0628 e. The maximum absolute atomic E-state index is 8.52. The molecule has 0 unspecified atom stereocenters. The molecule has 0 aromatic heterocycles. The number of benzene rings is 1. The fourth-order valence-corrected chi connectivity index (χ4v) is 1.23. The van der Waals surface area contributed by atoms with Gasteiger partial charge in [0.2, 0.25) is 0 Å². The summed E-state index contributed by atoms with van der Waals surface area (Å²) >= 11 is 0. The van der Waals surface area contributed by atoms with Crippen molar-refractivity contribution < 1.29 is 0 Å². The van der Waals surface area contributed by atoms with Crippen molar-refractivity contribution >= 4 is 0 Å². The number of rotatable bonds is 2. The lowest BCUT2D eigenvalue weighted by Gasteiger charge is -2.07. The van der Waals surface area contributed by atoms with Crippen LogP contribution in [-0.2, 0) is 0 Å². The lowest BCUT2D eigenvalue weighted by Crippen LogP contribution is -1.91. The van der Waals surface area contributed by atoms with Crippen LogP contribution in [0.5, 0.6) is 0 Å². The van der Waals surface area contributed by atoms with E-state index in [1.54, 1.807) is 0 Å². The average Bonchev–Trinajstić information content (AvgIpc) is 2.05. The highest BCUT2D eigenvalue weighted by Gasteiger charge is 2.03. The molecule has 1 nitrogen and oxygen atoms in total. The quantitative estimate of drug-likeness (QED) is 0.650. The number of nitriles is 1. The van der Waals surface area contributed by atoms with E-state index in [4.69, 9.17) is 5.26 Å². The van der Waals surface area contributed by atoms with Gasteiger partial charge in [0.05, 0.1) is 6.07 Å². The van der Waals surface area contributed by atoms with E-state index in [1.807, 2.05) is 6.07 Å². The summed E-state index contributed by atoms with van der Waals surface area (Å²) in [6.07, 6.45) is 0.601. The van der Waals surface area contributed by atoms with E-state index < -0.39 is 0 Å². The highest BCUT2D eigenvalue weighted by Crippen LogP contribution is 2.18. The van der Waals surface area contributed by atoms with E-state index >= 15 is 0 Å². The molecule has 1 heteroatoms. The van der Waals surface area contributed by atoms with E-state index in [0.29, 0.717) is 12.3 Å². The van der Waals surface area contributed by atoms with Crippen molar-refractivity contribution in [1.82, 2.24) is 0 Å². The van der Waals surface area contributed by atoms with E-state index in [1.165, 1.54) is 11.1 Å². The number of aryl methyl sites for hydroxylation is 1. The largest absolute Gasteiger partial charge is 0.198 e. The van der Waals surface area contributed by atoms with Crippen molar-refractivity contribution in [3.8, 4) is 6.07 Å². The zero-order chi connectivity index (χ0) is 8.97. The Bertz CT molecular complexity index is 296. The maximum Gasteiger partial charge on any atom is 0.0628 e. The van der Waals surface area contributed by atoms with Crippen LogP contribution in [0.2, 0.25) is 0 Å². The molecule has 62 valence electrons. The molecule has 0 aliphatic carbocycles. The predicted molar refractivity (Wildman–Crippen MR) is 49.8 cm³/mol. The second kappa shape index (κ2) is 3.92. The number of hydrogen-bond donors (Lipinski definition) is 0. The second-order valence-corrected chi connectivity index (χ2v) is 3.18. The minimum atomic E-state index is 0.356. The van der Waals surface area contributed by atoms with Gasteiger partial charge in [-0.2, -0.15) is 5.26 Å². The van der Waals surface area contributed by atoms with Crippen LogP contribution in [0.15, 0.2) is 24.3 Å². The minimum absolute atomic E-state index is 0.356. The molecule has 0 saturated carbocycles. The minimum Gasteiger partial charge on any atom is -0.198 e. The van der Waals surface area contributed by atoms with Crippen LogP contribution in [-0.4, -0.2) is 0 Å². The zero-order valence-electron chi connectivity index (χ0n) is 7.54. The first kappa shape index (κ1) is 8.80. The van der Waals surface area contributed by atoms with E-state index in [2.05, 4.69) is 38.1 Å². The molecule has 0 N–H and O–H groups in total. The van der Waals surface area contributed by atoms with Gasteiger partial charge in [-0.25, -0.2) is 0 Å². The van der Waals surface area contributed by atoms with Crippen LogP contribution in [0.25, 0.3) is 0 Å². The molecule has 0 amide bonds. The van der Waals surface area contributed by atoms with Gasteiger partial charge in [0.15, 0.2) is 0 Å². The Labute approximate surface area is 73.6 Å². The molecule has 0 spiro atoms. The topological polar surface area (TPSA) is 23.8 Å². The van der Waals surface area contributed by atoms with Crippen LogP contribution in [0.4, 0.5) is 0 Å². The Balaban J connectivity index is 2.82. The Morgan fingerprint density at radius 3 is 2.83 bits per heavy atom. The predicted octanol–water partition coefficient (Wildman–Crippen LogP) is 3.01.